The van der Waals surface area contributed by atoms with Gasteiger partial charge < -0.3 is 0 Å². The third-order valence-electron chi connectivity index (χ3n) is 5.22. The summed E-state index contributed by atoms with van der Waals surface area (Å²) in [5.41, 5.74) is 5.41. The van der Waals surface area contributed by atoms with Crippen molar-refractivity contribution in [2.45, 2.75) is 18.5 Å². The predicted molar refractivity (Wildman–Crippen MR) is 118 cm³/mol. The standard InChI is InChI=1S/C24H19BrN4/c25-19-13-11-17(12-14-19)22-15-23(27-26-22)21-16-29(20-9-5-2-6-10-20)28-24(21)18-7-3-1-4-8-18/h1-14,16,22-23H,15H2. The van der Waals surface area contributed by atoms with E-state index in [1.54, 1.807) is 0 Å². The second-order valence-corrected chi connectivity index (χ2v) is 8.04. The van der Waals surface area contributed by atoms with Gasteiger partial charge >= 0.3 is 0 Å². The average molecular weight is 443 g/mol. The molecule has 2 heterocycles. The Morgan fingerprint density at radius 2 is 1.41 bits per heavy atom. The summed E-state index contributed by atoms with van der Waals surface area (Å²) >= 11 is 3.50. The zero-order valence-corrected chi connectivity index (χ0v) is 17.3. The van der Waals surface area contributed by atoms with E-state index in [1.165, 1.54) is 5.56 Å². The van der Waals surface area contributed by atoms with Gasteiger partial charge in [-0.25, -0.2) is 4.68 Å². The third kappa shape index (κ3) is 3.66. The van der Waals surface area contributed by atoms with Crippen molar-refractivity contribution in [3.8, 4) is 16.9 Å². The molecule has 4 aromatic rings. The lowest BCUT2D eigenvalue weighted by Gasteiger charge is -2.09. The first-order valence-electron chi connectivity index (χ1n) is 9.64. The van der Waals surface area contributed by atoms with Crippen LogP contribution in [0.1, 0.15) is 29.6 Å². The molecule has 0 spiro atoms. The zero-order chi connectivity index (χ0) is 19.6. The molecule has 29 heavy (non-hydrogen) atoms. The van der Waals surface area contributed by atoms with Crippen LogP contribution in [0.5, 0.6) is 0 Å². The average Bonchev–Trinajstić information content (AvgIpc) is 3.43. The van der Waals surface area contributed by atoms with Crippen molar-refractivity contribution in [2.75, 3.05) is 0 Å². The molecule has 0 fully saturated rings. The van der Waals surface area contributed by atoms with Crippen molar-refractivity contribution in [1.82, 2.24) is 9.78 Å². The number of rotatable bonds is 4. The highest BCUT2D eigenvalue weighted by Crippen LogP contribution is 2.42. The van der Waals surface area contributed by atoms with Crippen molar-refractivity contribution in [2.24, 2.45) is 10.2 Å². The molecule has 142 valence electrons. The Balaban J connectivity index is 1.51. The van der Waals surface area contributed by atoms with Crippen LogP contribution in [0.15, 0.2) is 106 Å². The van der Waals surface area contributed by atoms with Crippen molar-refractivity contribution >= 4 is 15.9 Å². The second-order valence-electron chi connectivity index (χ2n) is 7.13. The quantitative estimate of drug-likeness (QED) is 0.337. The lowest BCUT2D eigenvalue weighted by atomic mass is 9.96. The molecule has 1 aromatic heterocycles. The van der Waals surface area contributed by atoms with E-state index in [1.807, 2.05) is 41.1 Å². The lowest BCUT2D eigenvalue weighted by Crippen LogP contribution is -1.97. The molecule has 0 saturated carbocycles. The fraction of sp³-hybridized carbons (Fsp3) is 0.125. The summed E-state index contributed by atoms with van der Waals surface area (Å²) in [6, 6.07) is 28.9. The van der Waals surface area contributed by atoms with Gasteiger partial charge in [0.15, 0.2) is 0 Å². The largest absolute Gasteiger partial charge is 0.240 e. The molecule has 1 aliphatic rings. The summed E-state index contributed by atoms with van der Waals surface area (Å²) in [7, 11) is 0. The molecule has 0 amide bonds. The fourth-order valence-corrected chi connectivity index (χ4v) is 3.97. The van der Waals surface area contributed by atoms with Crippen LogP contribution >= 0.6 is 15.9 Å². The number of halogens is 1. The summed E-state index contributed by atoms with van der Waals surface area (Å²) in [4.78, 5) is 0. The lowest BCUT2D eigenvalue weighted by molar-refractivity contribution is 0.660. The number of aromatic nitrogens is 2. The van der Waals surface area contributed by atoms with Gasteiger partial charge in [0.2, 0.25) is 0 Å². The highest BCUT2D eigenvalue weighted by atomic mass is 79.9. The van der Waals surface area contributed by atoms with Crippen molar-refractivity contribution < 1.29 is 0 Å². The fourth-order valence-electron chi connectivity index (χ4n) is 3.71. The van der Waals surface area contributed by atoms with Crippen LogP contribution in [0, 0.1) is 0 Å². The smallest absolute Gasteiger partial charge is 0.102 e. The minimum absolute atomic E-state index is 0.00341. The Bertz CT molecular complexity index is 1130. The molecule has 5 heteroatoms. The molecule has 0 saturated heterocycles. The van der Waals surface area contributed by atoms with Gasteiger partial charge in [-0.3, -0.25) is 0 Å². The Morgan fingerprint density at radius 3 is 2.14 bits per heavy atom. The van der Waals surface area contributed by atoms with Crippen molar-refractivity contribution in [1.29, 1.82) is 0 Å². The van der Waals surface area contributed by atoms with Crippen molar-refractivity contribution in [3.63, 3.8) is 0 Å². The van der Waals surface area contributed by atoms with Crippen LogP contribution < -0.4 is 0 Å². The van der Waals surface area contributed by atoms with E-state index in [4.69, 9.17) is 5.10 Å². The SMILES string of the molecule is Brc1ccc(C2CC(c3cn(-c4ccccc4)nc3-c3ccccc3)N=N2)cc1. The Hall–Kier alpha value is -3.05. The summed E-state index contributed by atoms with van der Waals surface area (Å²) < 4.78 is 3.02. The first-order chi connectivity index (χ1) is 14.3. The predicted octanol–water partition coefficient (Wildman–Crippen LogP) is 6.94. The maximum absolute atomic E-state index is 4.91. The van der Waals surface area contributed by atoms with Gasteiger partial charge in [-0.2, -0.15) is 15.3 Å². The van der Waals surface area contributed by atoms with E-state index >= 15 is 0 Å². The molecule has 0 aliphatic carbocycles. The number of para-hydroxylation sites is 1. The van der Waals surface area contributed by atoms with Crippen LogP contribution in [-0.4, -0.2) is 9.78 Å². The van der Waals surface area contributed by atoms with Gasteiger partial charge in [0.25, 0.3) is 0 Å². The van der Waals surface area contributed by atoms with Gasteiger partial charge in [0.1, 0.15) is 6.04 Å². The van der Waals surface area contributed by atoms with Crippen LogP contribution in [0.2, 0.25) is 0 Å². The number of hydrogen-bond donors (Lipinski definition) is 0. The molecule has 3 aromatic carbocycles. The van der Waals surface area contributed by atoms with Crippen LogP contribution in [-0.2, 0) is 0 Å². The summed E-state index contributed by atoms with van der Waals surface area (Å²) in [5.74, 6) is 0. The molecule has 0 bridgehead atoms. The maximum atomic E-state index is 4.91. The van der Waals surface area contributed by atoms with Gasteiger partial charge in [0.05, 0.1) is 17.4 Å². The first kappa shape index (κ1) is 18.0. The molecular formula is C24H19BrN4. The second kappa shape index (κ2) is 7.76. The summed E-state index contributed by atoms with van der Waals surface area (Å²) in [6.07, 6.45) is 2.95. The minimum Gasteiger partial charge on any atom is -0.240 e. The first-order valence-corrected chi connectivity index (χ1v) is 10.4. The van der Waals surface area contributed by atoms with Crippen molar-refractivity contribution in [3.05, 3.63) is 107 Å². The van der Waals surface area contributed by atoms with Gasteiger partial charge in [-0.05, 0) is 29.8 Å². The van der Waals surface area contributed by atoms with Crippen LogP contribution in [0.25, 0.3) is 16.9 Å². The van der Waals surface area contributed by atoms with E-state index in [0.29, 0.717) is 0 Å². The molecule has 5 rings (SSSR count). The topological polar surface area (TPSA) is 42.5 Å². The van der Waals surface area contributed by atoms with E-state index in [0.717, 1.165) is 33.4 Å². The van der Waals surface area contributed by atoms with Crippen LogP contribution in [0.3, 0.4) is 0 Å². The van der Waals surface area contributed by atoms with E-state index in [9.17, 15) is 0 Å². The monoisotopic (exact) mass is 442 g/mol. The molecule has 0 N–H and O–H groups in total. The molecule has 1 aliphatic heterocycles. The van der Waals surface area contributed by atoms with Crippen LogP contribution in [0.4, 0.5) is 0 Å². The maximum Gasteiger partial charge on any atom is 0.102 e. The number of hydrogen-bond acceptors (Lipinski definition) is 3. The summed E-state index contributed by atoms with van der Waals surface area (Å²) in [6.45, 7) is 0. The Morgan fingerprint density at radius 1 is 0.759 bits per heavy atom. The Labute approximate surface area is 178 Å². The highest BCUT2D eigenvalue weighted by molar-refractivity contribution is 9.10. The van der Waals surface area contributed by atoms with Gasteiger partial charge in [-0.1, -0.05) is 76.6 Å². The van der Waals surface area contributed by atoms with E-state index < -0.39 is 0 Å². The number of azo groups is 1. The van der Waals surface area contributed by atoms with E-state index in [2.05, 4.69) is 80.9 Å². The minimum atomic E-state index is -0.00341. The molecule has 4 nitrogen and oxygen atoms in total. The third-order valence-corrected chi connectivity index (χ3v) is 5.74. The molecule has 0 radical (unpaired) electrons. The zero-order valence-electron chi connectivity index (χ0n) is 15.7. The molecule has 2 unspecified atom stereocenters. The van der Waals surface area contributed by atoms with Gasteiger partial charge in [-0.15, -0.1) is 0 Å². The number of nitrogens with zero attached hydrogens (tertiary/aromatic N) is 4. The van der Waals surface area contributed by atoms with Gasteiger partial charge in [0, 0.05) is 28.2 Å². The normalized spacial score (nSPS) is 18.2. The summed E-state index contributed by atoms with van der Waals surface area (Å²) in [5, 5.41) is 14.1. The molecule has 2 atom stereocenters. The Kier molecular flexibility index (Phi) is 4.82. The number of benzene rings is 3. The highest BCUT2D eigenvalue weighted by Gasteiger charge is 2.29. The van der Waals surface area contributed by atoms with E-state index in [-0.39, 0.29) is 12.1 Å². The molecular weight excluding hydrogens is 424 g/mol.